The molecule has 0 bridgehead atoms. The van der Waals surface area contributed by atoms with Gasteiger partial charge in [0.15, 0.2) is 0 Å². The van der Waals surface area contributed by atoms with Crippen LogP contribution in [0, 0.1) is 23.7 Å². The van der Waals surface area contributed by atoms with Gasteiger partial charge in [0, 0.05) is 43.3 Å². The minimum atomic E-state index is -1.34. The number of carbonyl (C=O) groups excluding carboxylic acids is 1. The Balaban J connectivity index is 1.54. The van der Waals surface area contributed by atoms with E-state index in [1.807, 2.05) is 53.4 Å². The predicted octanol–water partition coefficient (Wildman–Crippen LogP) is 6.17. The van der Waals surface area contributed by atoms with Gasteiger partial charge in [-0.25, -0.2) is 0 Å². The summed E-state index contributed by atoms with van der Waals surface area (Å²) < 4.78 is 5.76. The monoisotopic (exact) mass is 503 g/mol. The van der Waals surface area contributed by atoms with Gasteiger partial charge < -0.3 is 14.5 Å². The molecule has 5 nitrogen and oxygen atoms in total. The standard InChI is InChI=1S/C33H33N3O2/c1-24-10-8-13-26(22-24)35-18-20-36(21-19-35)32(37)33(2,23-34)31(29-15-6-7-17-30(29)38-3)28-16-9-12-25-11-4-5-14-27(25)28/h4-17,22,31H,18-21H2,1-3H3/t31-,33+/m0/s1. The summed E-state index contributed by atoms with van der Waals surface area (Å²) in [7, 11) is 1.63. The molecule has 0 saturated carbocycles. The average Bonchev–Trinajstić information content (AvgIpc) is 2.97. The Labute approximate surface area is 224 Å². The number of amides is 1. The number of ether oxygens (including phenoxy) is 1. The lowest BCUT2D eigenvalue weighted by molar-refractivity contribution is -0.139. The first-order valence-corrected chi connectivity index (χ1v) is 13.1. The van der Waals surface area contributed by atoms with Gasteiger partial charge in [-0.1, -0.05) is 72.8 Å². The van der Waals surface area contributed by atoms with E-state index in [4.69, 9.17) is 4.74 Å². The first-order chi connectivity index (χ1) is 18.5. The van der Waals surface area contributed by atoms with Crippen molar-refractivity contribution < 1.29 is 9.53 Å². The molecular formula is C33H33N3O2. The maximum atomic E-state index is 14.3. The number of nitriles is 1. The highest BCUT2D eigenvalue weighted by Gasteiger charge is 2.47. The smallest absolute Gasteiger partial charge is 0.243 e. The first kappa shape index (κ1) is 25.4. The number of para-hydroxylation sites is 1. The summed E-state index contributed by atoms with van der Waals surface area (Å²) in [6.07, 6.45) is 0. The van der Waals surface area contributed by atoms with Crippen molar-refractivity contribution in [2.75, 3.05) is 38.2 Å². The molecule has 0 unspecified atom stereocenters. The van der Waals surface area contributed by atoms with Crippen LogP contribution in [-0.4, -0.2) is 44.1 Å². The van der Waals surface area contributed by atoms with Gasteiger partial charge in [0.2, 0.25) is 5.91 Å². The van der Waals surface area contributed by atoms with E-state index in [1.54, 1.807) is 14.0 Å². The van der Waals surface area contributed by atoms with Crippen LogP contribution in [0.4, 0.5) is 5.69 Å². The number of aryl methyl sites for hydroxylation is 1. The maximum absolute atomic E-state index is 14.3. The van der Waals surface area contributed by atoms with Gasteiger partial charge in [-0.3, -0.25) is 4.79 Å². The molecule has 1 saturated heterocycles. The molecule has 5 heteroatoms. The van der Waals surface area contributed by atoms with Crippen molar-refractivity contribution in [2.24, 2.45) is 5.41 Å². The number of anilines is 1. The van der Waals surface area contributed by atoms with E-state index in [-0.39, 0.29) is 5.91 Å². The zero-order valence-corrected chi connectivity index (χ0v) is 22.2. The molecule has 4 aromatic carbocycles. The van der Waals surface area contributed by atoms with E-state index in [9.17, 15) is 10.1 Å². The van der Waals surface area contributed by atoms with Gasteiger partial charge in [-0.2, -0.15) is 5.26 Å². The topological polar surface area (TPSA) is 56.6 Å². The second-order valence-corrected chi connectivity index (χ2v) is 10.2. The third-order valence-electron chi connectivity index (χ3n) is 7.77. The molecule has 0 spiro atoms. The van der Waals surface area contributed by atoms with Crippen LogP contribution >= 0.6 is 0 Å². The van der Waals surface area contributed by atoms with Crippen LogP contribution in [0.15, 0.2) is 91.0 Å². The Morgan fingerprint density at radius 2 is 1.55 bits per heavy atom. The highest BCUT2D eigenvalue weighted by Crippen LogP contribution is 2.47. The number of methoxy groups -OCH3 is 1. The molecule has 4 aromatic rings. The quantitative estimate of drug-likeness (QED) is 0.316. The fourth-order valence-corrected chi connectivity index (χ4v) is 5.75. The molecule has 1 amide bonds. The summed E-state index contributed by atoms with van der Waals surface area (Å²) in [6, 6.07) is 32.9. The van der Waals surface area contributed by atoms with Gasteiger partial charge in [-0.15, -0.1) is 0 Å². The SMILES string of the molecule is COc1ccccc1[C@H](c1cccc2ccccc12)[C@@](C)(C#N)C(=O)N1CCN(c2cccc(C)c2)CC1. The van der Waals surface area contributed by atoms with Gasteiger partial charge in [0.05, 0.1) is 13.2 Å². The van der Waals surface area contributed by atoms with Crippen LogP contribution in [0.1, 0.15) is 29.5 Å². The second-order valence-electron chi connectivity index (χ2n) is 10.2. The van der Waals surface area contributed by atoms with Crippen LogP contribution < -0.4 is 9.64 Å². The summed E-state index contributed by atoms with van der Waals surface area (Å²) in [5.41, 5.74) is 2.82. The minimum absolute atomic E-state index is 0.146. The molecule has 0 aromatic heterocycles. The van der Waals surface area contributed by atoms with Crippen LogP contribution in [0.25, 0.3) is 10.8 Å². The largest absolute Gasteiger partial charge is 0.496 e. The zero-order chi connectivity index (χ0) is 26.7. The Morgan fingerprint density at radius 1 is 0.895 bits per heavy atom. The number of hydrogen-bond donors (Lipinski definition) is 0. The lowest BCUT2D eigenvalue weighted by Crippen LogP contribution is -2.53. The third kappa shape index (κ3) is 4.59. The fraction of sp³-hybridized carbons (Fsp3) is 0.273. The molecule has 5 rings (SSSR count). The minimum Gasteiger partial charge on any atom is -0.496 e. The number of nitrogens with zero attached hydrogens (tertiary/aromatic N) is 3. The molecule has 1 heterocycles. The van der Waals surface area contributed by atoms with Crippen LogP contribution in [-0.2, 0) is 4.79 Å². The molecular weight excluding hydrogens is 470 g/mol. The normalized spacial score (nSPS) is 15.9. The van der Waals surface area contributed by atoms with E-state index in [2.05, 4.69) is 60.4 Å². The van der Waals surface area contributed by atoms with E-state index in [0.29, 0.717) is 18.8 Å². The highest BCUT2D eigenvalue weighted by atomic mass is 16.5. The Bertz CT molecular complexity index is 1490. The average molecular weight is 504 g/mol. The Hall–Kier alpha value is -4.30. The van der Waals surface area contributed by atoms with Crippen LogP contribution in [0.5, 0.6) is 5.75 Å². The predicted molar refractivity (Wildman–Crippen MR) is 152 cm³/mol. The third-order valence-corrected chi connectivity index (χ3v) is 7.77. The molecule has 0 N–H and O–H groups in total. The number of piperazine rings is 1. The van der Waals surface area contributed by atoms with Crippen molar-refractivity contribution in [3.05, 3.63) is 108 Å². The maximum Gasteiger partial charge on any atom is 0.243 e. The first-order valence-electron chi connectivity index (χ1n) is 13.1. The van der Waals surface area contributed by atoms with Gasteiger partial charge in [-0.05, 0) is 53.9 Å². The molecule has 0 aliphatic carbocycles. The lowest BCUT2D eigenvalue weighted by atomic mass is 9.68. The van der Waals surface area contributed by atoms with E-state index < -0.39 is 11.3 Å². The summed E-state index contributed by atoms with van der Waals surface area (Å²) in [6.45, 7) is 6.47. The van der Waals surface area contributed by atoms with Crippen molar-refractivity contribution in [1.29, 1.82) is 5.26 Å². The summed E-state index contributed by atoms with van der Waals surface area (Å²) in [5.74, 6) is 0.00811. The molecule has 0 radical (unpaired) electrons. The number of rotatable bonds is 6. The van der Waals surface area contributed by atoms with Crippen molar-refractivity contribution >= 4 is 22.4 Å². The number of hydrogen-bond acceptors (Lipinski definition) is 4. The van der Waals surface area contributed by atoms with Crippen molar-refractivity contribution in [3.8, 4) is 11.8 Å². The molecule has 1 fully saturated rings. The van der Waals surface area contributed by atoms with Gasteiger partial charge >= 0.3 is 0 Å². The summed E-state index contributed by atoms with van der Waals surface area (Å²) in [4.78, 5) is 18.5. The van der Waals surface area contributed by atoms with Gasteiger partial charge in [0.25, 0.3) is 0 Å². The molecule has 1 aliphatic heterocycles. The molecule has 2 atom stereocenters. The zero-order valence-electron chi connectivity index (χ0n) is 22.2. The number of benzene rings is 4. The van der Waals surface area contributed by atoms with E-state index in [0.717, 1.165) is 35.0 Å². The van der Waals surface area contributed by atoms with E-state index >= 15 is 0 Å². The van der Waals surface area contributed by atoms with Crippen LogP contribution in [0.2, 0.25) is 0 Å². The molecule has 192 valence electrons. The lowest BCUT2D eigenvalue weighted by Gasteiger charge is -2.41. The van der Waals surface area contributed by atoms with Crippen molar-refractivity contribution in [3.63, 3.8) is 0 Å². The fourth-order valence-electron chi connectivity index (χ4n) is 5.75. The highest BCUT2D eigenvalue weighted by molar-refractivity contribution is 5.91. The summed E-state index contributed by atoms with van der Waals surface area (Å²) in [5, 5.41) is 12.8. The number of fused-ring (bicyclic) bond motifs is 1. The Morgan fingerprint density at radius 3 is 2.29 bits per heavy atom. The Kier molecular flexibility index (Phi) is 7.07. The van der Waals surface area contributed by atoms with Crippen molar-refractivity contribution in [1.82, 2.24) is 4.90 Å². The van der Waals surface area contributed by atoms with Crippen molar-refractivity contribution in [2.45, 2.75) is 19.8 Å². The van der Waals surface area contributed by atoms with E-state index in [1.165, 1.54) is 11.3 Å². The summed E-state index contributed by atoms with van der Waals surface area (Å²) >= 11 is 0. The second kappa shape index (κ2) is 10.6. The van der Waals surface area contributed by atoms with Crippen LogP contribution in [0.3, 0.4) is 0 Å². The van der Waals surface area contributed by atoms with Gasteiger partial charge in [0.1, 0.15) is 11.2 Å². The molecule has 1 aliphatic rings. The number of carbonyl (C=O) groups is 1. The molecule has 38 heavy (non-hydrogen) atoms.